The molecule has 2 aromatic heterocycles. The largest absolute Gasteiger partial charge is 0.496 e. The average molecular weight is 303 g/mol. The Balaban J connectivity index is 1.92. The second-order valence-electron chi connectivity index (χ2n) is 4.66. The van der Waals surface area contributed by atoms with E-state index in [2.05, 4.69) is 40.3 Å². The van der Waals surface area contributed by atoms with E-state index in [9.17, 15) is 0 Å². The Morgan fingerprint density at radius 1 is 1.20 bits per heavy atom. The lowest BCUT2D eigenvalue weighted by Gasteiger charge is -2.16. The van der Waals surface area contributed by atoms with Crippen LogP contribution in [-0.2, 0) is 6.42 Å². The second-order valence-corrected chi connectivity index (χ2v) is 6.51. The number of benzene rings is 1. The van der Waals surface area contributed by atoms with E-state index < -0.39 is 0 Å². The van der Waals surface area contributed by atoms with E-state index in [4.69, 9.17) is 4.74 Å². The van der Waals surface area contributed by atoms with E-state index in [0.717, 1.165) is 12.2 Å². The Bertz CT molecular complexity index is 701. The first-order chi connectivity index (χ1) is 9.83. The van der Waals surface area contributed by atoms with Crippen LogP contribution in [0.1, 0.15) is 16.5 Å². The maximum Gasteiger partial charge on any atom is 0.134 e. The molecule has 1 N–H and O–H groups in total. The molecule has 0 bridgehead atoms. The van der Waals surface area contributed by atoms with Crippen LogP contribution < -0.4 is 10.1 Å². The summed E-state index contributed by atoms with van der Waals surface area (Å²) in [5.41, 5.74) is 1.40. The topological polar surface area (TPSA) is 21.3 Å². The molecule has 1 atom stereocenters. The molecule has 0 saturated heterocycles. The van der Waals surface area contributed by atoms with E-state index in [1.54, 1.807) is 18.4 Å². The minimum atomic E-state index is 0.294. The predicted molar refractivity (Wildman–Crippen MR) is 88.2 cm³/mol. The zero-order valence-electron chi connectivity index (χ0n) is 11.6. The van der Waals surface area contributed by atoms with Crippen LogP contribution in [-0.4, -0.2) is 14.2 Å². The van der Waals surface area contributed by atoms with Gasteiger partial charge in [0.05, 0.1) is 12.0 Å². The zero-order valence-corrected chi connectivity index (χ0v) is 13.2. The van der Waals surface area contributed by atoms with Crippen molar-refractivity contribution in [3.63, 3.8) is 0 Å². The molecular weight excluding hydrogens is 286 g/mol. The summed E-state index contributed by atoms with van der Waals surface area (Å²) < 4.78 is 6.80. The maximum atomic E-state index is 5.45. The summed E-state index contributed by atoms with van der Waals surface area (Å²) in [7, 11) is 3.75. The van der Waals surface area contributed by atoms with Crippen molar-refractivity contribution in [2.45, 2.75) is 12.5 Å². The standard InChI is InChI=1S/C16H17NOS2/c1-17-13(16-14(18-2)7-8-19-16)9-11-10-20-15-6-4-3-5-12(11)15/h3-8,10,13,17H,9H2,1-2H3. The van der Waals surface area contributed by atoms with Crippen molar-refractivity contribution in [3.8, 4) is 5.75 Å². The summed E-state index contributed by atoms with van der Waals surface area (Å²) in [6.07, 6.45) is 0.984. The van der Waals surface area contributed by atoms with Gasteiger partial charge in [0.15, 0.2) is 0 Å². The fourth-order valence-corrected chi connectivity index (χ4v) is 4.42. The number of methoxy groups -OCH3 is 1. The fraction of sp³-hybridized carbons (Fsp3) is 0.250. The number of thiophene rings is 2. The zero-order chi connectivity index (χ0) is 13.9. The molecule has 2 heterocycles. The van der Waals surface area contributed by atoms with E-state index in [0.29, 0.717) is 6.04 Å². The van der Waals surface area contributed by atoms with Crippen LogP contribution in [0.4, 0.5) is 0 Å². The minimum Gasteiger partial charge on any atom is -0.496 e. The summed E-state index contributed by atoms with van der Waals surface area (Å²) in [5, 5.41) is 9.15. The number of likely N-dealkylation sites (N-methyl/N-ethyl adjacent to an activating group) is 1. The van der Waals surface area contributed by atoms with Gasteiger partial charge in [0.25, 0.3) is 0 Å². The fourth-order valence-electron chi connectivity index (χ4n) is 2.47. The van der Waals surface area contributed by atoms with Gasteiger partial charge in [0.1, 0.15) is 5.75 Å². The highest BCUT2D eigenvalue weighted by Crippen LogP contribution is 2.35. The van der Waals surface area contributed by atoms with E-state index >= 15 is 0 Å². The Morgan fingerprint density at radius 2 is 2.05 bits per heavy atom. The van der Waals surface area contributed by atoms with Crippen molar-refractivity contribution in [2.75, 3.05) is 14.2 Å². The third-order valence-electron chi connectivity index (χ3n) is 3.53. The molecule has 3 aromatic rings. The first kappa shape index (κ1) is 13.6. The third kappa shape index (κ3) is 2.46. The van der Waals surface area contributed by atoms with Gasteiger partial charge in [-0.1, -0.05) is 18.2 Å². The van der Waals surface area contributed by atoms with Crippen LogP contribution in [0.15, 0.2) is 41.1 Å². The molecule has 104 valence electrons. The monoisotopic (exact) mass is 303 g/mol. The summed E-state index contributed by atoms with van der Waals surface area (Å²) in [6, 6.07) is 10.9. The Morgan fingerprint density at radius 3 is 2.85 bits per heavy atom. The summed E-state index contributed by atoms with van der Waals surface area (Å²) in [5.74, 6) is 0.980. The number of ether oxygens (including phenoxy) is 1. The normalized spacial score (nSPS) is 12.7. The molecule has 20 heavy (non-hydrogen) atoms. The van der Waals surface area contributed by atoms with Gasteiger partial charge in [-0.05, 0) is 47.3 Å². The van der Waals surface area contributed by atoms with Crippen LogP contribution in [0.2, 0.25) is 0 Å². The maximum absolute atomic E-state index is 5.45. The van der Waals surface area contributed by atoms with Crippen LogP contribution in [0.5, 0.6) is 5.75 Å². The molecule has 2 nitrogen and oxygen atoms in total. The van der Waals surface area contributed by atoms with Crippen LogP contribution in [0.25, 0.3) is 10.1 Å². The molecule has 0 radical (unpaired) electrons. The first-order valence-corrected chi connectivity index (χ1v) is 8.33. The molecule has 0 aliphatic heterocycles. The van der Waals surface area contributed by atoms with Gasteiger partial charge in [-0.2, -0.15) is 0 Å². The van der Waals surface area contributed by atoms with Gasteiger partial charge in [-0.3, -0.25) is 0 Å². The smallest absolute Gasteiger partial charge is 0.134 e. The number of nitrogens with one attached hydrogen (secondary N) is 1. The van der Waals surface area contributed by atoms with E-state index in [-0.39, 0.29) is 0 Å². The van der Waals surface area contributed by atoms with Crippen LogP contribution >= 0.6 is 22.7 Å². The van der Waals surface area contributed by atoms with Crippen LogP contribution in [0, 0.1) is 0 Å². The lowest BCUT2D eigenvalue weighted by Crippen LogP contribution is -2.18. The van der Waals surface area contributed by atoms with Gasteiger partial charge >= 0.3 is 0 Å². The van der Waals surface area contributed by atoms with Gasteiger partial charge < -0.3 is 10.1 Å². The molecule has 0 fully saturated rings. The highest BCUT2D eigenvalue weighted by molar-refractivity contribution is 7.17. The molecule has 1 aromatic carbocycles. The molecular formula is C16H17NOS2. The van der Waals surface area contributed by atoms with E-state index in [1.807, 2.05) is 24.5 Å². The number of hydrogen-bond acceptors (Lipinski definition) is 4. The number of rotatable bonds is 5. The Hall–Kier alpha value is -1.36. The average Bonchev–Trinajstić information content (AvgIpc) is 3.11. The minimum absolute atomic E-state index is 0.294. The highest BCUT2D eigenvalue weighted by atomic mass is 32.1. The second kappa shape index (κ2) is 5.95. The predicted octanol–water partition coefficient (Wildman–Crippen LogP) is 4.47. The molecule has 0 aliphatic rings. The summed E-state index contributed by atoms with van der Waals surface area (Å²) in [6.45, 7) is 0. The van der Waals surface area contributed by atoms with Crippen LogP contribution in [0.3, 0.4) is 0 Å². The van der Waals surface area contributed by atoms with Crippen molar-refractivity contribution in [2.24, 2.45) is 0 Å². The summed E-state index contributed by atoms with van der Waals surface area (Å²) in [4.78, 5) is 1.27. The molecule has 0 saturated carbocycles. The lowest BCUT2D eigenvalue weighted by atomic mass is 10.0. The summed E-state index contributed by atoms with van der Waals surface area (Å²) >= 11 is 3.57. The van der Waals surface area contributed by atoms with Gasteiger partial charge in [-0.15, -0.1) is 22.7 Å². The lowest BCUT2D eigenvalue weighted by molar-refractivity contribution is 0.405. The van der Waals surface area contributed by atoms with Crippen molar-refractivity contribution in [1.82, 2.24) is 5.32 Å². The Kier molecular flexibility index (Phi) is 4.05. The first-order valence-electron chi connectivity index (χ1n) is 6.57. The third-order valence-corrected chi connectivity index (χ3v) is 5.55. The molecule has 1 unspecified atom stereocenters. The molecule has 0 spiro atoms. The van der Waals surface area contributed by atoms with Crippen molar-refractivity contribution in [1.29, 1.82) is 0 Å². The highest BCUT2D eigenvalue weighted by Gasteiger charge is 2.18. The SMILES string of the molecule is CNC(Cc1csc2ccccc12)c1sccc1OC. The van der Waals surface area contributed by atoms with Gasteiger partial charge in [-0.25, -0.2) is 0 Å². The van der Waals surface area contributed by atoms with Crippen molar-refractivity contribution >= 4 is 32.8 Å². The van der Waals surface area contributed by atoms with Crippen molar-refractivity contribution < 1.29 is 4.74 Å². The molecule has 4 heteroatoms. The van der Waals surface area contributed by atoms with Gasteiger partial charge in [0, 0.05) is 10.7 Å². The number of hydrogen-bond donors (Lipinski definition) is 1. The van der Waals surface area contributed by atoms with Crippen molar-refractivity contribution in [3.05, 3.63) is 51.5 Å². The van der Waals surface area contributed by atoms with E-state index in [1.165, 1.54) is 20.5 Å². The Labute approximate surface area is 127 Å². The molecule has 3 rings (SSSR count). The number of fused-ring (bicyclic) bond motifs is 1. The molecule has 0 aliphatic carbocycles. The molecule has 0 amide bonds. The quantitative estimate of drug-likeness (QED) is 0.750. The van der Waals surface area contributed by atoms with Gasteiger partial charge in [0.2, 0.25) is 0 Å².